The quantitative estimate of drug-likeness (QED) is 0.521. The fraction of sp³-hybridized carbons (Fsp3) is 0.154. The van der Waals surface area contributed by atoms with Crippen LogP contribution in [0.3, 0.4) is 0 Å². The van der Waals surface area contributed by atoms with E-state index in [0.29, 0.717) is 5.56 Å². The third-order valence-corrected chi connectivity index (χ3v) is 2.82. The number of imidazole rings is 1. The molecular weight excluding hydrogens is 278 g/mol. The van der Waals surface area contributed by atoms with Crippen molar-refractivity contribution in [2.45, 2.75) is 12.5 Å². The first kappa shape index (κ1) is 14.4. The molecule has 0 unspecified atom stereocenters. The van der Waals surface area contributed by atoms with Gasteiger partial charge in [0.25, 0.3) is 5.91 Å². The topological polar surface area (TPSA) is 135 Å². The molecule has 2 aromatic rings. The van der Waals surface area contributed by atoms with Crippen LogP contribution in [0.2, 0.25) is 0 Å². The zero-order valence-corrected chi connectivity index (χ0v) is 10.8. The van der Waals surface area contributed by atoms with E-state index in [-0.39, 0.29) is 17.9 Å². The van der Waals surface area contributed by atoms with E-state index in [1.807, 2.05) is 0 Å². The van der Waals surface area contributed by atoms with Gasteiger partial charge >= 0.3 is 11.7 Å². The molecule has 21 heavy (non-hydrogen) atoms. The molecular formula is C13H13N3O5. The molecule has 1 heterocycles. The lowest BCUT2D eigenvalue weighted by Crippen LogP contribution is -2.42. The average Bonchev–Trinajstić information content (AvgIpc) is 2.87. The molecule has 0 saturated heterocycles. The van der Waals surface area contributed by atoms with Crippen LogP contribution >= 0.6 is 0 Å². The Bertz CT molecular complexity index is 701. The second kappa shape index (κ2) is 5.95. The number of hydrogen-bond donors (Lipinski definition) is 5. The number of H-pyrrole nitrogens is 2. The standard InChI is InChI=1S/C13H13N3O5/c17-8-3-1-7(2-4-8)5-9(12(19)20)15-11(18)10-6-14-13(21)16-10/h1-4,6,9,17H,5H2,(H,15,18)(H,19,20)(H2,14,16,21)/t9-/m0/s1. The van der Waals surface area contributed by atoms with E-state index in [9.17, 15) is 19.5 Å². The van der Waals surface area contributed by atoms with Crippen LogP contribution in [-0.2, 0) is 11.2 Å². The maximum atomic E-state index is 11.8. The van der Waals surface area contributed by atoms with E-state index in [1.54, 1.807) is 12.1 Å². The summed E-state index contributed by atoms with van der Waals surface area (Å²) in [5, 5.41) is 20.6. The van der Waals surface area contributed by atoms with Crippen LogP contribution in [-0.4, -0.2) is 38.1 Å². The Morgan fingerprint density at radius 2 is 1.90 bits per heavy atom. The largest absolute Gasteiger partial charge is 0.508 e. The van der Waals surface area contributed by atoms with Crippen LogP contribution in [0.4, 0.5) is 0 Å². The zero-order valence-electron chi connectivity index (χ0n) is 10.8. The van der Waals surface area contributed by atoms with Crippen molar-refractivity contribution < 1.29 is 19.8 Å². The molecule has 0 aliphatic heterocycles. The number of rotatable bonds is 5. The summed E-state index contributed by atoms with van der Waals surface area (Å²) in [7, 11) is 0. The summed E-state index contributed by atoms with van der Waals surface area (Å²) in [6, 6.07) is 4.84. The second-order valence-corrected chi connectivity index (χ2v) is 4.39. The lowest BCUT2D eigenvalue weighted by molar-refractivity contribution is -0.139. The van der Waals surface area contributed by atoms with Crippen molar-refractivity contribution in [2.24, 2.45) is 0 Å². The molecule has 1 aromatic heterocycles. The number of hydrogen-bond acceptors (Lipinski definition) is 4. The SMILES string of the molecule is O=C(N[C@@H](Cc1ccc(O)cc1)C(=O)O)c1c[nH]c(=O)[nH]1. The van der Waals surface area contributed by atoms with Gasteiger partial charge in [-0.1, -0.05) is 12.1 Å². The number of carboxylic acid groups (broad SMARTS) is 1. The van der Waals surface area contributed by atoms with Crippen molar-refractivity contribution in [2.75, 3.05) is 0 Å². The molecule has 0 fully saturated rings. The van der Waals surface area contributed by atoms with Gasteiger partial charge in [0.1, 0.15) is 17.5 Å². The molecule has 2 rings (SSSR count). The lowest BCUT2D eigenvalue weighted by Gasteiger charge is -2.14. The fourth-order valence-corrected chi connectivity index (χ4v) is 1.76. The summed E-state index contributed by atoms with van der Waals surface area (Å²) in [4.78, 5) is 38.4. The number of carbonyl (C=O) groups is 2. The van der Waals surface area contributed by atoms with Crippen molar-refractivity contribution in [1.82, 2.24) is 15.3 Å². The first-order chi connectivity index (χ1) is 9.95. The number of aliphatic carboxylic acids is 1. The Labute approximate surface area is 118 Å². The molecule has 1 amide bonds. The Kier molecular flexibility index (Phi) is 4.07. The van der Waals surface area contributed by atoms with Gasteiger partial charge in [-0.15, -0.1) is 0 Å². The predicted molar refractivity (Wildman–Crippen MR) is 72.1 cm³/mol. The first-order valence-electron chi connectivity index (χ1n) is 6.05. The number of amides is 1. The highest BCUT2D eigenvalue weighted by Crippen LogP contribution is 2.11. The molecule has 8 nitrogen and oxygen atoms in total. The number of phenolic OH excluding ortho intramolecular Hbond substituents is 1. The monoisotopic (exact) mass is 291 g/mol. The number of aromatic amines is 2. The zero-order chi connectivity index (χ0) is 15.4. The minimum Gasteiger partial charge on any atom is -0.508 e. The molecule has 0 aliphatic carbocycles. The normalized spacial score (nSPS) is 11.8. The van der Waals surface area contributed by atoms with Gasteiger partial charge in [-0.2, -0.15) is 0 Å². The molecule has 5 N–H and O–H groups in total. The van der Waals surface area contributed by atoms with Crippen molar-refractivity contribution in [1.29, 1.82) is 0 Å². The van der Waals surface area contributed by atoms with Gasteiger partial charge in [-0.05, 0) is 17.7 Å². The molecule has 8 heteroatoms. The molecule has 1 aromatic carbocycles. The minimum absolute atomic E-state index is 0.0445. The van der Waals surface area contributed by atoms with Gasteiger partial charge in [0.2, 0.25) is 0 Å². The third kappa shape index (κ3) is 3.72. The Balaban J connectivity index is 2.09. The molecule has 0 radical (unpaired) electrons. The third-order valence-electron chi connectivity index (χ3n) is 2.82. The fourth-order valence-electron chi connectivity index (χ4n) is 1.76. The molecule has 110 valence electrons. The first-order valence-corrected chi connectivity index (χ1v) is 6.05. The van der Waals surface area contributed by atoms with E-state index in [1.165, 1.54) is 12.1 Å². The summed E-state index contributed by atoms with van der Waals surface area (Å²) in [5.74, 6) is -1.83. The summed E-state index contributed by atoms with van der Waals surface area (Å²) in [6.07, 6.45) is 1.22. The molecule has 0 bridgehead atoms. The number of phenols is 1. The van der Waals surface area contributed by atoms with Crippen LogP contribution in [0.25, 0.3) is 0 Å². The van der Waals surface area contributed by atoms with Crippen molar-refractivity contribution >= 4 is 11.9 Å². The van der Waals surface area contributed by atoms with Gasteiger partial charge < -0.3 is 25.5 Å². The van der Waals surface area contributed by atoms with Crippen molar-refractivity contribution in [3.05, 3.63) is 52.2 Å². The van der Waals surface area contributed by atoms with Crippen LogP contribution in [0, 0.1) is 0 Å². The summed E-state index contributed by atoms with van der Waals surface area (Å²) >= 11 is 0. The van der Waals surface area contributed by atoms with Crippen LogP contribution in [0.15, 0.2) is 35.3 Å². The Morgan fingerprint density at radius 1 is 1.24 bits per heavy atom. The number of benzene rings is 1. The van der Waals surface area contributed by atoms with Crippen molar-refractivity contribution in [3.8, 4) is 5.75 Å². The van der Waals surface area contributed by atoms with Crippen molar-refractivity contribution in [3.63, 3.8) is 0 Å². The number of carboxylic acids is 1. The van der Waals surface area contributed by atoms with Crippen LogP contribution in [0.5, 0.6) is 5.75 Å². The molecule has 0 spiro atoms. The molecule has 0 aliphatic rings. The van der Waals surface area contributed by atoms with Gasteiger partial charge in [0, 0.05) is 12.6 Å². The number of aromatic hydroxyl groups is 1. The Hall–Kier alpha value is -3.03. The summed E-state index contributed by atoms with van der Waals surface area (Å²) in [6.45, 7) is 0. The smallest absolute Gasteiger partial charge is 0.326 e. The van der Waals surface area contributed by atoms with Crippen LogP contribution in [0.1, 0.15) is 16.1 Å². The van der Waals surface area contributed by atoms with Gasteiger partial charge in [-0.25, -0.2) is 9.59 Å². The number of nitrogens with one attached hydrogen (secondary N) is 3. The van der Waals surface area contributed by atoms with E-state index in [0.717, 1.165) is 6.20 Å². The second-order valence-electron chi connectivity index (χ2n) is 4.39. The van der Waals surface area contributed by atoms with Gasteiger partial charge in [0.15, 0.2) is 0 Å². The minimum atomic E-state index is -1.20. The number of aromatic nitrogens is 2. The summed E-state index contributed by atoms with van der Waals surface area (Å²) in [5.41, 5.74) is 0.0468. The maximum Gasteiger partial charge on any atom is 0.326 e. The highest BCUT2D eigenvalue weighted by atomic mass is 16.4. The highest BCUT2D eigenvalue weighted by Gasteiger charge is 2.21. The Morgan fingerprint density at radius 3 is 2.43 bits per heavy atom. The maximum absolute atomic E-state index is 11.8. The van der Waals surface area contributed by atoms with E-state index >= 15 is 0 Å². The van der Waals surface area contributed by atoms with E-state index < -0.39 is 23.6 Å². The molecule has 0 saturated carbocycles. The average molecular weight is 291 g/mol. The van der Waals surface area contributed by atoms with Gasteiger partial charge in [-0.3, -0.25) is 4.79 Å². The van der Waals surface area contributed by atoms with Crippen LogP contribution < -0.4 is 11.0 Å². The van der Waals surface area contributed by atoms with Gasteiger partial charge in [0.05, 0.1) is 0 Å². The number of carbonyl (C=O) groups excluding carboxylic acids is 1. The summed E-state index contributed by atoms with van der Waals surface area (Å²) < 4.78 is 0. The molecule has 1 atom stereocenters. The van der Waals surface area contributed by atoms with E-state index in [4.69, 9.17) is 5.11 Å². The predicted octanol–water partition coefficient (Wildman–Crippen LogP) is -0.166. The lowest BCUT2D eigenvalue weighted by atomic mass is 10.1. The van der Waals surface area contributed by atoms with E-state index in [2.05, 4.69) is 15.3 Å². The highest BCUT2D eigenvalue weighted by molar-refractivity contribution is 5.94.